The van der Waals surface area contributed by atoms with Gasteiger partial charge in [-0.15, -0.1) is 0 Å². The van der Waals surface area contributed by atoms with E-state index in [0.29, 0.717) is 6.54 Å². The zero-order valence-corrected chi connectivity index (χ0v) is 7.50. The molecule has 0 aliphatic rings. The smallest absolute Gasteiger partial charge is 0.0489 e. The minimum absolute atomic E-state index is 0.607. The summed E-state index contributed by atoms with van der Waals surface area (Å²) in [6.07, 6.45) is 6.86. The number of aromatic nitrogens is 2. The van der Waals surface area contributed by atoms with Crippen LogP contribution in [0, 0.1) is 0 Å². The third-order valence-electron chi connectivity index (χ3n) is 1.77. The van der Waals surface area contributed by atoms with Crippen LogP contribution in [-0.4, -0.2) is 16.3 Å². The Morgan fingerprint density at radius 2 is 2.31 bits per heavy atom. The van der Waals surface area contributed by atoms with Crippen molar-refractivity contribution in [2.75, 3.05) is 6.54 Å². The predicted molar refractivity (Wildman–Crippen MR) is 50.1 cm³/mol. The Morgan fingerprint density at radius 1 is 1.38 bits per heavy atom. The lowest BCUT2D eigenvalue weighted by atomic mass is 10.2. The van der Waals surface area contributed by atoms with Gasteiger partial charge in [0.2, 0.25) is 0 Å². The van der Waals surface area contributed by atoms with Gasteiger partial charge in [-0.2, -0.15) is 5.10 Å². The lowest BCUT2D eigenvalue weighted by molar-refractivity contribution is 0.546. The zero-order valence-electron chi connectivity index (χ0n) is 7.50. The number of azide groups is 1. The van der Waals surface area contributed by atoms with Gasteiger partial charge < -0.3 is 0 Å². The monoisotopic (exact) mass is 179 g/mol. The Kier molecular flexibility index (Phi) is 4.49. The first-order valence-electron chi connectivity index (χ1n) is 4.42. The van der Waals surface area contributed by atoms with Crippen molar-refractivity contribution in [3.05, 3.63) is 28.9 Å². The Morgan fingerprint density at radius 3 is 3.00 bits per heavy atom. The van der Waals surface area contributed by atoms with Crippen LogP contribution in [0.5, 0.6) is 0 Å². The molecule has 0 aliphatic carbocycles. The van der Waals surface area contributed by atoms with Crippen LogP contribution in [0.4, 0.5) is 0 Å². The number of rotatable bonds is 6. The molecule has 0 aromatic carbocycles. The molecule has 0 spiro atoms. The van der Waals surface area contributed by atoms with E-state index in [2.05, 4.69) is 15.1 Å². The van der Waals surface area contributed by atoms with Crippen molar-refractivity contribution in [1.29, 1.82) is 0 Å². The van der Waals surface area contributed by atoms with Crippen LogP contribution in [0.15, 0.2) is 23.6 Å². The third kappa shape index (κ3) is 4.18. The van der Waals surface area contributed by atoms with Gasteiger partial charge in [0.15, 0.2) is 0 Å². The molecule has 0 aliphatic heterocycles. The maximum absolute atomic E-state index is 8.02. The summed E-state index contributed by atoms with van der Waals surface area (Å²) in [5.41, 5.74) is 8.02. The number of unbranched alkanes of at least 4 members (excludes halogenated alkanes) is 2. The van der Waals surface area contributed by atoms with Crippen LogP contribution in [0.25, 0.3) is 10.4 Å². The molecule has 0 saturated carbocycles. The number of nitrogens with zero attached hydrogens (tertiary/aromatic N) is 5. The van der Waals surface area contributed by atoms with E-state index in [9.17, 15) is 0 Å². The Hall–Kier alpha value is -1.48. The predicted octanol–water partition coefficient (Wildman–Crippen LogP) is 2.36. The van der Waals surface area contributed by atoms with E-state index < -0.39 is 0 Å². The first-order chi connectivity index (χ1) is 6.43. The highest BCUT2D eigenvalue weighted by molar-refractivity contribution is 4.77. The maximum atomic E-state index is 8.02. The quantitative estimate of drug-likeness (QED) is 0.286. The van der Waals surface area contributed by atoms with Crippen LogP contribution in [0.2, 0.25) is 0 Å². The molecule has 1 aromatic heterocycles. The highest BCUT2D eigenvalue weighted by atomic mass is 15.3. The summed E-state index contributed by atoms with van der Waals surface area (Å²) in [6.45, 7) is 1.55. The fourth-order valence-electron chi connectivity index (χ4n) is 1.11. The second-order valence-corrected chi connectivity index (χ2v) is 2.78. The van der Waals surface area contributed by atoms with Crippen LogP contribution in [0.3, 0.4) is 0 Å². The molecule has 1 rings (SSSR count). The summed E-state index contributed by atoms with van der Waals surface area (Å²) in [7, 11) is 0. The molecule has 0 amide bonds. The van der Waals surface area contributed by atoms with Crippen LogP contribution in [-0.2, 0) is 6.54 Å². The Labute approximate surface area is 77.0 Å². The summed E-state index contributed by atoms with van der Waals surface area (Å²) >= 11 is 0. The van der Waals surface area contributed by atoms with Crippen molar-refractivity contribution >= 4 is 0 Å². The maximum Gasteiger partial charge on any atom is 0.0489 e. The standard InChI is InChI=1S/C8H13N5/c9-12-10-5-2-1-3-7-13-8-4-6-11-13/h4,6,8H,1-3,5,7H2. The van der Waals surface area contributed by atoms with Gasteiger partial charge in [0.1, 0.15) is 0 Å². The van der Waals surface area contributed by atoms with Gasteiger partial charge in [0.25, 0.3) is 0 Å². The Bertz CT molecular complexity index is 260. The lowest BCUT2D eigenvalue weighted by Crippen LogP contribution is -1.97. The SMILES string of the molecule is [N-]=[N+]=NCCCCCn1cccn1. The van der Waals surface area contributed by atoms with Crippen molar-refractivity contribution < 1.29 is 0 Å². The average molecular weight is 179 g/mol. The van der Waals surface area contributed by atoms with Gasteiger partial charge in [-0.25, -0.2) is 0 Å². The minimum atomic E-state index is 0.607. The zero-order chi connectivity index (χ0) is 9.36. The van der Waals surface area contributed by atoms with Gasteiger partial charge in [-0.1, -0.05) is 11.5 Å². The summed E-state index contributed by atoms with van der Waals surface area (Å²) in [4.78, 5) is 2.69. The van der Waals surface area contributed by atoms with E-state index in [1.807, 2.05) is 16.9 Å². The van der Waals surface area contributed by atoms with E-state index in [1.165, 1.54) is 0 Å². The van der Waals surface area contributed by atoms with E-state index in [0.717, 1.165) is 25.8 Å². The van der Waals surface area contributed by atoms with Crippen molar-refractivity contribution in [3.63, 3.8) is 0 Å². The second-order valence-electron chi connectivity index (χ2n) is 2.78. The first kappa shape index (κ1) is 9.61. The summed E-state index contributed by atoms with van der Waals surface area (Å²) in [5, 5.41) is 7.55. The molecule has 0 atom stereocenters. The molecule has 5 nitrogen and oxygen atoms in total. The molecule has 0 unspecified atom stereocenters. The van der Waals surface area contributed by atoms with E-state index in [1.54, 1.807) is 6.20 Å². The molecule has 5 heteroatoms. The van der Waals surface area contributed by atoms with Gasteiger partial charge in [-0.05, 0) is 24.4 Å². The van der Waals surface area contributed by atoms with Gasteiger partial charge in [0, 0.05) is 30.4 Å². The Balaban J connectivity index is 1.99. The lowest BCUT2D eigenvalue weighted by Gasteiger charge is -1.99. The molecule has 0 bridgehead atoms. The van der Waals surface area contributed by atoms with Gasteiger partial charge in [-0.3, -0.25) is 4.68 Å². The summed E-state index contributed by atoms with van der Waals surface area (Å²) in [5.74, 6) is 0. The fraction of sp³-hybridized carbons (Fsp3) is 0.625. The molecule has 70 valence electrons. The largest absolute Gasteiger partial charge is 0.273 e. The van der Waals surface area contributed by atoms with Crippen LogP contribution in [0.1, 0.15) is 19.3 Å². The van der Waals surface area contributed by atoms with Gasteiger partial charge >= 0.3 is 0 Å². The highest BCUT2D eigenvalue weighted by Gasteiger charge is 1.90. The number of aryl methyl sites for hydroxylation is 1. The van der Waals surface area contributed by atoms with Crippen molar-refractivity contribution in [3.8, 4) is 0 Å². The normalized spacial score (nSPS) is 9.54. The summed E-state index contributed by atoms with van der Waals surface area (Å²) < 4.78 is 1.91. The van der Waals surface area contributed by atoms with Crippen molar-refractivity contribution in [2.24, 2.45) is 5.11 Å². The average Bonchev–Trinajstić information content (AvgIpc) is 2.63. The summed E-state index contributed by atoms with van der Waals surface area (Å²) in [6, 6.07) is 1.92. The van der Waals surface area contributed by atoms with E-state index >= 15 is 0 Å². The van der Waals surface area contributed by atoms with E-state index in [-0.39, 0.29) is 0 Å². The molecule has 0 fully saturated rings. The molecular weight excluding hydrogens is 166 g/mol. The highest BCUT2D eigenvalue weighted by Crippen LogP contribution is 1.98. The van der Waals surface area contributed by atoms with Crippen LogP contribution >= 0.6 is 0 Å². The number of hydrogen-bond acceptors (Lipinski definition) is 2. The minimum Gasteiger partial charge on any atom is -0.273 e. The second kappa shape index (κ2) is 6.08. The fourth-order valence-corrected chi connectivity index (χ4v) is 1.11. The molecule has 0 radical (unpaired) electrons. The third-order valence-corrected chi connectivity index (χ3v) is 1.77. The van der Waals surface area contributed by atoms with Gasteiger partial charge in [0.05, 0.1) is 0 Å². The molecule has 1 heterocycles. The number of hydrogen-bond donors (Lipinski definition) is 0. The van der Waals surface area contributed by atoms with Crippen molar-refractivity contribution in [1.82, 2.24) is 9.78 Å². The molecule has 13 heavy (non-hydrogen) atoms. The van der Waals surface area contributed by atoms with Crippen LogP contribution < -0.4 is 0 Å². The molecule has 0 N–H and O–H groups in total. The van der Waals surface area contributed by atoms with E-state index in [4.69, 9.17) is 5.53 Å². The first-order valence-corrected chi connectivity index (χ1v) is 4.42. The topological polar surface area (TPSA) is 66.6 Å². The molecular formula is C8H13N5. The molecule has 1 aromatic rings. The molecule has 0 saturated heterocycles. The van der Waals surface area contributed by atoms with Crippen molar-refractivity contribution in [2.45, 2.75) is 25.8 Å².